The highest BCUT2D eigenvalue weighted by molar-refractivity contribution is 5.91. The number of para-hydroxylation sites is 2. The molecule has 1 atom stereocenters. The molecule has 1 N–H and O–H groups in total. The van der Waals surface area contributed by atoms with Gasteiger partial charge < -0.3 is 14.8 Å². The number of benzene rings is 2. The molecule has 5 rings (SSSR count). The van der Waals surface area contributed by atoms with Gasteiger partial charge in [0.25, 0.3) is 0 Å². The van der Waals surface area contributed by atoms with Gasteiger partial charge in [0, 0.05) is 32.1 Å². The van der Waals surface area contributed by atoms with E-state index in [9.17, 15) is 9.59 Å². The van der Waals surface area contributed by atoms with Crippen LogP contribution in [0.5, 0.6) is 0 Å². The second-order valence-corrected chi connectivity index (χ2v) is 9.11. The molecule has 2 heterocycles. The van der Waals surface area contributed by atoms with E-state index >= 15 is 0 Å². The van der Waals surface area contributed by atoms with Gasteiger partial charge in [-0.2, -0.15) is 0 Å². The van der Waals surface area contributed by atoms with Crippen molar-refractivity contribution in [3.63, 3.8) is 0 Å². The number of nitrogens with zero attached hydrogens (tertiary/aromatic N) is 3. The molecule has 1 unspecified atom stereocenters. The number of likely N-dealkylation sites (tertiary alicyclic amines) is 1. The number of piperidine rings is 1. The first kappa shape index (κ1) is 21.4. The summed E-state index contributed by atoms with van der Waals surface area (Å²) in [6, 6.07) is 18.1. The number of amides is 2. The van der Waals surface area contributed by atoms with Crippen molar-refractivity contribution in [1.82, 2.24) is 19.8 Å². The monoisotopic (exact) mass is 442 g/mol. The van der Waals surface area contributed by atoms with Gasteiger partial charge >= 0.3 is 0 Å². The Morgan fingerprint density at radius 3 is 2.70 bits per heavy atom. The van der Waals surface area contributed by atoms with E-state index in [1.165, 1.54) is 0 Å². The van der Waals surface area contributed by atoms with Crippen LogP contribution in [0.25, 0.3) is 11.0 Å². The number of aromatic nitrogens is 2. The molecule has 6 heteroatoms. The lowest BCUT2D eigenvalue weighted by Gasteiger charge is -2.46. The van der Waals surface area contributed by atoms with E-state index in [4.69, 9.17) is 4.98 Å². The molecular weight excluding hydrogens is 412 g/mol. The van der Waals surface area contributed by atoms with Gasteiger partial charge in [0.05, 0.1) is 23.0 Å². The molecule has 2 aliphatic rings. The molecule has 170 valence electrons. The van der Waals surface area contributed by atoms with Crippen LogP contribution in [0.4, 0.5) is 0 Å². The van der Waals surface area contributed by atoms with E-state index in [2.05, 4.69) is 22.0 Å². The van der Waals surface area contributed by atoms with Gasteiger partial charge in [-0.3, -0.25) is 9.59 Å². The van der Waals surface area contributed by atoms with Crippen molar-refractivity contribution >= 4 is 22.8 Å². The van der Waals surface area contributed by atoms with Gasteiger partial charge in [0.1, 0.15) is 5.82 Å². The molecule has 1 aliphatic heterocycles. The smallest absolute Gasteiger partial charge is 0.232 e. The van der Waals surface area contributed by atoms with Crippen LogP contribution in [0.1, 0.15) is 43.5 Å². The Labute approximate surface area is 194 Å². The van der Waals surface area contributed by atoms with Gasteiger partial charge in [0.15, 0.2) is 0 Å². The zero-order chi connectivity index (χ0) is 22.8. The number of rotatable bonds is 6. The first-order chi connectivity index (χ1) is 16.1. The third-order valence-electron chi connectivity index (χ3n) is 7.13. The van der Waals surface area contributed by atoms with E-state index in [1.54, 1.807) is 0 Å². The number of carbonyl (C=O) groups is 2. The summed E-state index contributed by atoms with van der Waals surface area (Å²) in [6.07, 6.45) is 6.43. The average Bonchev–Trinajstić information content (AvgIpc) is 3.17. The van der Waals surface area contributed by atoms with Crippen LogP contribution in [0.3, 0.4) is 0 Å². The molecule has 33 heavy (non-hydrogen) atoms. The van der Waals surface area contributed by atoms with Crippen molar-refractivity contribution in [2.24, 2.45) is 12.5 Å². The zero-order valence-electron chi connectivity index (χ0n) is 19.1. The van der Waals surface area contributed by atoms with Gasteiger partial charge in [-0.05, 0) is 43.4 Å². The lowest BCUT2D eigenvalue weighted by molar-refractivity contribution is -0.141. The minimum absolute atomic E-state index is 0.0396. The van der Waals surface area contributed by atoms with Gasteiger partial charge in [0.2, 0.25) is 11.8 Å². The predicted octanol–water partition coefficient (Wildman–Crippen LogP) is 4.11. The Morgan fingerprint density at radius 2 is 1.88 bits per heavy atom. The summed E-state index contributed by atoms with van der Waals surface area (Å²) >= 11 is 0. The number of imidazole rings is 1. The SMILES string of the molecule is Cn1c(CCNC(=O)C23CCCC=C2N(Cc2ccccc2)C(=O)CC3)nc2ccccc21. The highest BCUT2D eigenvalue weighted by Gasteiger charge is 2.49. The molecule has 0 bridgehead atoms. The second-order valence-electron chi connectivity index (χ2n) is 9.11. The number of hydrogen-bond donors (Lipinski definition) is 1. The molecule has 3 aromatic rings. The van der Waals surface area contributed by atoms with Gasteiger partial charge in [-0.25, -0.2) is 4.98 Å². The molecule has 1 fully saturated rings. The fourth-order valence-electron chi connectivity index (χ4n) is 5.34. The minimum atomic E-state index is -0.618. The van der Waals surface area contributed by atoms with Crippen LogP contribution >= 0.6 is 0 Å². The van der Waals surface area contributed by atoms with Gasteiger partial charge in [-0.15, -0.1) is 0 Å². The summed E-state index contributed by atoms with van der Waals surface area (Å²) < 4.78 is 2.09. The van der Waals surface area contributed by atoms with Crippen molar-refractivity contribution in [2.45, 2.75) is 45.1 Å². The number of aryl methyl sites for hydroxylation is 1. The van der Waals surface area contributed by atoms with Crippen molar-refractivity contribution < 1.29 is 9.59 Å². The lowest BCUT2D eigenvalue weighted by atomic mass is 9.69. The summed E-state index contributed by atoms with van der Waals surface area (Å²) in [5, 5.41) is 3.19. The van der Waals surface area contributed by atoms with Crippen molar-refractivity contribution in [3.8, 4) is 0 Å². The summed E-state index contributed by atoms with van der Waals surface area (Å²) in [7, 11) is 2.02. The molecule has 0 saturated carbocycles. The third-order valence-corrected chi connectivity index (χ3v) is 7.13. The van der Waals surface area contributed by atoms with Crippen LogP contribution in [0.2, 0.25) is 0 Å². The maximum absolute atomic E-state index is 13.6. The molecule has 1 saturated heterocycles. The average molecular weight is 443 g/mol. The zero-order valence-corrected chi connectivity index (χ0v) is 19.1. The number of hydrogen-bond acceptors (Lipinski definition) is 3. The lowest BCUT2D eigenvalue weighted by Crippen LogP contribution is -2.53. The van der Waals surface area contributed by atoms with E-state index in [1.807, 2.05) is 60.5 Å². The Balaban J connectivity index is 1.32. The molecule has 1 aromatic heterocycles. The molecular formula is C27H30N4O2. The molecule has 6 nitrogen and oxygen atoms in total. The Bertz CT molecular complexity index is 1210. The first-order valence-corrected chi connectivity index (χ1v) is 11.8. The topological polar surface area (TPSA) is 67.2 Å². The molecule has 0 radical (unpaired) electrons. The third kappa shape index (κ3) is 3.94. The van der Waals surface area contributed by atoms with Crippen LogP contribution in [0, 0.1) is 5.41 Å². The van der Waals surface area contributed by atoms with Gasteiger partial charge in [-0.1, -0.05) is 48.5 Å². The van der Waals surface area contributed by atoms with Crippen LogP contribution in [-0.4, -0.2) is 32.8 Å². The second kappa shape index (κ2) is 8.85. The van der Waals surface area contributed by atoms with E-state index in [0.717, 1.165) is 47.4 Å². The highest BCUT2D eigenvalue weighted by Crippen LogP contribution is 2.47. The molecule has 2 aromatic carbocycles. The first-order valence-electron chi connectivity index (χ1n) is 11.8. The van der Waals surface area contributed by atoms with Crippen molar-refractivity contribution in [1.29, 1.82) is 0 Å². The molecule has 0 spiro atoms. The number of fused-ring (bicyclic) bond motifs is 2. The normalized spacial score (nSPS) is 20.5. The Kier molecular flexibility index (Phi) is 5.75. The summed E-state index contributed by atoms with van der Waals surface area (Å²) in [5.74, 6) is 1.10. The fourth-order valence-corrected chi connectivity index (χ4v) is 5.34. The number of carbonyl (C=O) groups excluding carboxylic acids is 2. The van der Waals surface area contributed by atoms with Crippen molar-refractivity contribution in [2.75, 3.05) is 6.54 Å². The number of nitrogens with one attached hydrogen (secondary N) is 1. The standard InChI is InChI=1S/C27H30N4O2/c1-30-22-12-6-5-11-21(22)29-24(30)15-18-28-26(33)27-16-8-7-13-23(27)31(25(32)14-17-27)19-20-9-3-2-4-10-20/h2-6,9-13H,7-8,14-19H2,1H3,(H,28,33). The minimum Gasteiger partial charge on any atom is -0.355 e. The Hall–Kier alpha value is -3.41. The molecule has 1 aliphatic carbocycles. The summed E-state index contributed by atoms with van der Waals surface area (Å²) in [5.41, 5.74) is 3.43. The maximum Gasteiger partial charge on any atom is 0.232 e. The van der Waals surface area contributed by atoms with Crippen LogP contribution < -0.4 is 5.32 Å². The fraction of sp³-hybridized carbons (Fsp3) is 0.370. The number of allylic oxidation sites excluding steroid dienone is 1. The van der Waals surface area contributed by atoms with E-state index in [-0.39, 0.29) is 11.8 Å². The maximum atomic E-state index is 13.6. The largest absolute Gasteiger partial charge is 0.355 e. The van der Waals surface area contributed by atoms with E-state index in [0.29, 0.717) is 32.4 Å². The van der Waals surface area contributed by atoms with E-state index < -0.39 is 5.41 Å². The predicted molar refractivity (Wildman–Crippen MR) is 128 cm³/mol. The summed E-state index contributed by atoms with van der Waals surface area (Å²) in [6.45, 7) is 1.04. The van der Waals surface area contributed by atoms with Crippen LogP contribution in [-0.2, 0) is 29.6 Å². The Morgan fingerprint density at radius 1 is 1.09 bits per heavy atom. The molecule has 2 amide bonds. The van der Waals surface area contributed by atoms with Crippen LogP contribution in [0.15, 0.2) is 66.4 Å². The van der Waals surface area contributed by atoms with Crippen molar-refractivity contribution in [3.05, 3.63) is 77.8 Å². The summed E-state index contributed by atoms with van der Waals surface area (Å²) in [4.78, 5) is 33.0. The quantitative estimate of drug-likeness (QED) is 0.625. The highest BCUT2D eigenvalue weighted by atomic mass is 16.2.